The van der Waals surface area contributed by atoms with Crippen LogP contribution in [0.3, 0.4) is 0 Å². The number of benzene rings is 2. The zero-order chi connectivity index (χ0) is 40.4. The zero-order valence-electron chi connectivity index (χ0n) is 33.0. The fourth-order valence-electron chi connectivity index (χ4n) is 7.70. The number of carbonyl (C=O) groups is 4. The highest BCUT2D eigenvalue weighted by molar-refractivity contribution is 5.87. The second-order valence-corrected chi connectivity index (χ2v) is 15.2. The van der Waals surface area contributed by atoms with Crippen molar-refractivity contribution in [2.75, 3.05) is 27.3 Å². The van der Waals surface area contributed by atoms with Gasteiger partial charge in [-0.2, -0.15) is 0 Å². The molecule has 0 aliphatic carbocycles. The molecule has 4 unspecified atom stereocenters. The van der Waals surface area contributed by atoms with Crippen LogP contribution in [0.1, 0.15) is 77.1 Å². The summed E-state index contributed by atoms with van der Waals surface area (Å²) in [6.07, 6.45) is 5.43. The van der Waals surface area contributed by atoms with Crippen LogP contribution >= 0.6 is 0 Å². The molecule has 2 saturated heterocycles. The van der Waals surface area contributed by atoms with Crippen molar-refractivity contribution >= 4 is 35.1 Å². The lowest BCUT2D eigenvalue weighted by Crippen LogP contribution is -2.51. The summed E-state index contributed by atoms with van der Waals surface area (Å²) in [5.74, 6) is 1.30. The summed E-state index contributed by atoms with van der Waals surface area (Å²) < 4.78 is 15.8. The quantitative estimate of drug-likeness (QED) is 0.117. The number of H-pyrrole nitrogens is 2. The predicted molar refractivity (Wildman–Crippen MR) is 210 cm³/mol. The Morgan fingerprint density at radius 1 is 0.719 bits per heavy atom. The molecule has 0 saturated carbocycles. The van der Waals surface area contributed by atoms with E-state index in [2.05, 4.69) is 30.6 Å². The Bertz CT molecular complexity index is 2240. The molecule has 16 nitrogen and oxygen atoms in total. The summed E-state index contributed by atoms with van der Waals surface area (Å²) in [7, 11) is 2.56. The first-order chi connectivity index (χ1) is 27.4. The van der Waals surface area contributed by atoms with Crippen molar-refractivity contribution < 1.29 is 33.1 Å². The molecule has 4 amide bonds. The highest BCUT2D eigenvalue weighted by atomic mass is 16.5. The van der Waals surface area contributed by atoms with E-state index in [0.29, 0.717) is 41.7 Å². The highest BCUT2D eigenvalue weighted by Gasteiger charge is 2.39. The number of methoxy groups -OCH3 is 2. The number of nitrogens with zero attached hydrogens (tertiary/aromatic N) is 5. The third-order valence-electron chi connectivity index (χ3n) is 10.8. The van der Waals surface area contributed by atoms with Gasteiger partial charge in [0.2, 0.25) is 17.7 Å². The second kappa shape index (κ2) is 16.5. The Labute approximate surface area is 330 Å². The normalized spacial score (nSPS) is 18.0. The number of fused-ring (bicyclic) bond motifs is 1. The van der Waals surface area contributed by atoms with E-state index in [1.165, 1.54) is 14.2 Å². The van der Waals surface area contributed by atoms with Crippen LogP contribution in [0.4, 0.5) is 9.59 Å². The van der Waals surface area contributed by atoms with Gasteiger partial charge in [-0.1, -0.05) is 45.9 Å². The number of nitrogens with one attached hydrogen (secondary N) is 4. The molecule has 0 radical (unpaired) electrons. The minimum atomic E-state index is -0.709. The third kappa shape index (κ3) is 8.07. The molecule has 0 bridgehead atoms. The number of ether oxygens (including phenoxy) is 2. The molecule has 3 aromatic heterocycles. The monoisotopic (exact) mass is 779 g/mol. The van der Waals surface area contributed by atoms with Crippen LogP contribution in [0.15, 0.2) is 59.3 Å². The Kier molecular flexibility index (Phi) is 11.3. The van der Waals surface area contributed by atoms with Crippen molar-refractivity contribution in [1.82, 2.24) is 45.4 Å². The molecule has 2 aromatic carbocycles. The molecule has 5 heterocycles. The molecule has 2 aliphatic rings. The van der Waals surface area contributed by atoms with E-state index in [1.807, 2.05) is 70.2 Å². The van der Waals surface area contributed by atoms with Crippen LogP contribution in [-0.4, -0.2) is 98.1 Å². The van der Waals surface area contributed by atoms with Gasteiger partial charge in [0.1, 0.15) is 29.2 Å². The Morgan fingerprint density at radius 2 is 1.19 bits per heavy atom. The minimum Gasteiger partial charge on any atom is -0.453 e. The van der Waals surface area contributed by atoms with Crippen LogP contribution in [0, 0.1) is 11.8 Å². The fraction of sp³-hybridized carbons (Fsp3) is 0.439. The van der Waals surface area contributed by atoms with Crippen LogP contribution in [0.5, 0.6) is 0 Å². The number of hydrogen-bond donors (Lipinski definition) is 4. The van der Waals surface area contributed by atoms with Crippen molar-refractivity contribution in [1.29, 1.82) is 0 Å². The number of hydrogen-bond acceptors (Lipinski definition) is 10. The lowest BCUT2D eigenvalue weighted by atomic mass is 10.0. The van der Waals surface area contributed by atoms with Crippen molar-refractivity contribution in [3.63, 3.8) is 0 Å². The molecule has 4 atom stereocenters. The molecule has 7 rings (SSSR count). The van der Waals surface area contributed by atoms with Crippen molar-refractivity contribution in [2.24, 2.45) is 11.8 Å². The molecule has 4 N–H and O–H groups in total. The van der Waals surface area contributed by atoms with Crippen LogP contribution in [0.2, 0.25) is 0 Å². The standard InChI is InChI=1S/C41H49N9O7/c1-22(2)33(47-40(53)55-5)38(51)49-17-7-9-30(49)35-42-20-28(44-35)24-11-13-25(14-12-24)37-46-27-16-15-26(19-32(27)57-37)29-21-43-36(45-29)31-10-8-18-50(31)39(52)34(23(3)4)48-41(54)56-6/h11-16,19-23,30-31,33-34H,7-10,17-18H2,1-6H3,(H,42,44)(H,43,45)(H,47,53)(H,48,54). The second-order valence-electron chi connectivity index (χ2n) is 15.2. The van der Waals surface area contributed by atoms with Gasteiger partial charge in [0, 0.05) is 24.2 Å². The van der Waals surface area contributed by atoms with Gasteiger partial charge in [0.25, 0.3) is 0 Å². The third-order valence-corrected chi connectivity index (χ3v) is 10.8. The fourth-order valence-corrected chi connectivity index (χ4v) is 7.70. The summed E-state index contributed by atoms with van der Waals surface area (Å²) in [6.45, 7) is 8.71. The number of aromatic nitrogens is 5. The largest absolute Gasteiger partial charge is 0.453 e. The van der Waals surface area contributed by atoms with E-state index in [1.54, 1.807) is 22.2 Å². The number of rotatable bonds is 11. The lowest BCUT2D eigenvalue weighted by Gasteiger charge is -2.30. The number of amides is 4. The average Bonchev–Trinajstić information content (AvgIpc) is 4.06. The lowest BCUT2D eigenvalue weighted by molar-refractivity contribution is -0.136. The first-order valence-electron chi connectivity index (χ1n) is 19.4. The number of oxazole rings is 1. The van der Waals surface area contributed by atoms with Gasteiger partial charge in [0.15, 0.2) is 5.58 Å². The average molecular weight is 780 g/mol. The molecule has 300 valence electrons. The number of imidazole rings is 2. The molecule has 2 fully saturated rings. The van der Waals surface area contributed by atoms with E-state index >= 15 is 0 Å². The Morgan fingerprint density at radius 3 is 1.68 bits per heavy atom. The number of carbonyl (C=O) groups excluding carboxylic acids is 4. The molecular formula is C41H49N9O7. The van der Waals surface area contributed by atoms with E-state index in [0.717, 1.165) is 53.8 Å². The van der Waals surface area contributed by atoms with Crippen molar-refractivity contribution in [3.05, 3.63) is 66.5 Å². The van der Waals surface area contributed by atoms with E-state index < -0.39 is 24.3 Å². The SMILES string of the molecule is COC(=O)NC(C(=O)N1CCCC1c1ncc(-c2ccc(-c3nc4ccc(-c5cnc(C6CCCN6C(=O)C(NC(=O)OC)C(C)C)[nH]5)cc4o3)cc2)[nH]1)C(C)C. The van der Waals surface area contributed by atoms with Gasteiger partial charge in [-0.3, -0.25) is 9.59 Å². The highest BCUT2D eigenvalue weighted by Crippen LogP contribution is 2.35. The van der Waals surface area contributed by atoms with Crippen molar-refractivity contribution in [2.45, 2.75) is 77.5 Å². The number of alkyl carbamates (subject to hydrolysis) is 2. The number of aromatic amines is 2. The molecule has 57 heavy (non-hydrogen) atoms. The molecule has 2 aliphatic heterocycles. The summed E-state index contributed by atoms with van der Waals surface area (Å²) >= 11 is 0. The summed E-state index contributed by atoms with van der Waals surface area (Å²) in [5, 5.41) is 5.37. The van der Waals surface area contributed by atoms with Gasteiger partial charge in [0.05, 0.1) is 50.1 Å². The van der Waals surface area contributed by atoms with Gasteiger partial charge in [-0.15, -0.1) is 0 Å². The minimum absolute atomic E-state index is 0.118. The van der Waals surface area contributed by atoms with E-state index in [-0.39, 0.29) is 35.7 Å². The topological polar surface area (TPSA) is 201 Å². The van der Waals surface area contributed by atoms with Gasteiger partial charge in [-0.05, 0) is 67.3 Å². The van der Waals surface area contributed by atoms with Crippen LogP contribution in [-0.2, 0) is 19.1 Å². The summed E-state index contributed by atoms with van der Waals surface area (Å²) in [4.78, 5) is 75.5. The Balaban J connectivity index is 1.03. The summed E-state index contributed by atoms with van der Waals surface area (Å²) in [5.41, 5.74) is 5.49. The Hall–Kier alpha value is -6.19. The molecular weight excluding hydrogens is 731 g/mol. The van der Waals surface area contributed by atoms with E-state index in [4.69, 9.17) is 18.9 Å². The smallest absolute Gasteiger partial charge is 0.407 e. The van der Waals surface area contributed by atoms with Gasteiger partial charge >= 0.3 is 12.2 Å². The van der Waals surface area contributed by atoms with E-state index in [9.17, 15) is 19.2 Å². The summed E-state index contributed by atoms with van der Waals surface area (Å²) in [6, 6.07) is 11.7. The zero-order valence-corrected chi connectivity index (χ0v) is 33.0. The maximum Gasteiger partial charge on any atom is 0.407 e. The molecule has 16 heteroatoms. The maximum atomic E-state index is 13.6. The first-order valence-corrected chi connectivity index (χ1v) is 19.4. The molecule has 0 spiro atoms. The maximum absolute atomic E-state index is 13.6. The molecule has 5 aromatic rings. The first kappa shape index (κ1) is 39.1. The number of likely N-dealkylation sites (tertiary alicyclic amines) is 2. The van der Waals surface area contributed by atoms with Crippen LogP contribution < -0.4 is 10.6 Å². The predicted octanol–water partition coefficient (Wildman–Crippen LogP) is 6.36. The van der Waals surface area contributed by atoms with Gasteiger partial charge in [-0.25, -0.2) is 24.5 Å². The van der Waals surface area contributed by atoms with Gasteiger partial charge < -0.3 is 44.3 Å². The van der Waals surface area contributed by atoms with Crippen molar-refractivity contribution in [3.8, 4) is 34.0 Å². The van der Waals surface area contributed by atoms with Crippen LogP contribution in [0.25, 0.3) is 45.1 Å².